The number of halogens is 1. The van der Waals surface area contributed by atoms with Gasteiger partial charge in [-0.15, -0.1) is 12.4 Å². The molecular formula is C13H22ClN5. The van der Waals surface area contributed by atoms with Crippen LogP contribution >= 0.6 is 12.4 Å². The van der Waals surface area contributed by atoms with E-state index in [0.717, 1.165) is 17.9 Å². The quantitative estimate of drug-likeness (QED) is 0.939. The summed E-state index contributed by atoms with van der Waals surface area (Å²) in [6, 6.07) is 0.402. The van der Waals surface area contributed by atoms with Gasteiger partial charge < -0.3 is 5.32 Å². The first-order valence-corrected chi connectivity index (χ1v) is 6.26. The Bertz CT molecular complexity index is 541. The summed E-state index contributed by atoms with van der Waals surface area (Å²) < 4.78 is 3.92. The van der Waals surface area contributed by atoms with Gasteiger partial charge in [0.15, 0.2) is 0 Å². The zero-order chi connectivity index (χ0) is 13.3. The number of aromatic nitrogens is 4. The molecule has 19 heavy (non-hydrogen) atoms. The van der Waals surface area contributed by atoms with Crippen molar-refractivity contribution in [1.29, 1.82) is 0 Å². The van der Waals surface area contributed by atoms with Crippen molar-refractivity contribution in [2.75, 3.05) is 5.32 Å². The van der Waals surface area contributed by atoms with Gasteiger partial charge in [-0.25, -0.2) is 0 Å². The first-order valence-electron chi connectivity index (χ1n) is 6.26. The van der Waals surface area contributed by atoms with Crippen molar-refractivity contribution in [3.63, 3.8) is 0 Å². The largest absolute Gasteiger partial charge is 0.378 e. The van der Waals surface area contributed by atoms with E-state index in [1.165, 1.54) is 11.3 Å². The van der Waals surface area contributed by atoms with Crippen LogP contribution in [0.4, 0.5) is 5.69 Å². The molecule has 5 nitrogen and oxygen atoms in total. The van der Waals surface area contributed by atoms with Crippen LogP contribution < -0.4 is 5.32 Å². The van der Waals surface area contributed by atoms with Gasteiger partial charge >= 0.3 is 0 Å². The highest BCUT2D eigenvalue weighted by Gasteiger charge is 2.09. The zero-order valence-corrected chi connectivity index (χ0v) is 13.0. The molecule has 106 valence electrons. The molecule has 0 aliphatic carbocycles. The minimum absolute atomic E-state index is 0. The standard InChI is InChI=1S/C13H21N5.ClH/c1-9(2)18-10(3)12(7-16-18)6-14-13-8-15-17(5)11(13)4;/h7-9,14H,6H2,1-5H3;1H. The zero-order valence-electron chi connectivity index (χ0n) is 12.1. The molecule has 1 N–H and O–H groups in total. The molecule has 0 aliphatic rings. The highest BCUT2D eigenvalue weighted by atomic mass is 35.5. The second-order valence-corrected chi connectivity index (χ2v) is 4.91. The first-order chi connectivity index (χ1) is 8.50. The van der Waals surface area contributed by atoms with Crippen LogP contribution in [0.1, 0.15) is 36.8 Å². The number of anilines is 1. The van der Waals surface area contributed by atoms with Crippen LogP contribution in [0, 0.1) is 13.8 Å². The molecule has 2 aromatic rings. The van der Waals surface area contributed by atoms with Crippen LogP contribution in [-0.4, -0.2) is 19.6 Å². The summed E-state index contributed by atoms with van der Waals surface area (Å²) in [6.07, 6.45) is 3.80. The number of aryl methyl sites for hydroxylation is 1. The van der Waals surface area contributed by atoms with Gasteiger partial charge in [-0.3, -0.25) is 9.36 Å². The van der Waals surface area contributed by atoms with E-state index >= 15 is 0 Å². The number of hydrogen-bond acceptors (Lipinski definition) is 3. The Morgan fingerprint density at radius 1 is 1.16 bits per heavy atom. The third-order valence-electron chi connectivity index (χ3n) is 3.34. The third-order valence-corrected chi connectivity index (χ3v) is 3.34. The maximum atomic E-state index is 4.41. The summed E-state index contributed by atoms with van der Waals surface area (Å²) in [7, 11) is 1.95. The van der Waals surface area contributed by atoms with Gasteiger partial charge in [0.2, 0.25) is 0 Å². The molecule has 0 saturated carbocycles. The summed E-state index contributed by atoms with van der Waals surface area (Å²) >= 11 is 0. The number of hydrogen-bond donors (Lipinski definition) is 1. The Hall–Kier alpha value is -1.49. The van der Waals surface area contributed by atoms with Crippen molar-refractivity contribution >= 4 is 18.1 Å². The molecule has 2 heterocycles. The summed E-state index contributed by atoms with van der Waals surface area (Å²) in [6.45, 7) is 9.23. The Balaban J connectivity index is 0.00000180. The van der Waals surface area contributed by atoms with Gasteiger partial charge in [0.05, 0.1) is 23.8 Å². The molecule has 0 unspecified atom stereocenters. The molecule has 0 bridgehead atoms. The highest BCUT2D eigenvalue weighted by Crippen LogP contribution is 2.17. The number of nitrogens with zero attached hydrogens (tertiary/aromatic N) is 4. The van der Waals surface area contributed by atoms with Crippen molar-refractivity contribution in [2.24, 2.45) is 7.05 Å². The van der Waals surface area contributed by atoms with Crippen molar-refractivity contribution in [2.45, 2.75) is 40.3 Å². The van der Waals surface area contributed by atoms with Gasteiger partial charge in [-0.1, -0.05) is 0 Å². The maximum Gasteiger partial charge on any atom is 0.0758 e. The molecule has 6 heteroatoms. The monoisotopic (exact) mass is 283 g/mol. The Labute approximate surface area is 120 Å². The van der Waals surface area contributed by atoms with Crippen LogP contribution in [0.3, 0.4) is 0 Å². The number of nitrogens with one attached hydrogen (secondary N) is 1. The fraction of sp³-hybridized carbons (Fsp3) is 0.538. The molecule has 0 amide bonds. The van der Waals surface area contributed by atoms with Gasteiger partial charge in [-0.2, -0.15) is 10.2 Å². The maximum absolute atomic E-state index is 4.41. The molecule has 0 aromatic carbocycles. The topological polar surface area (TPSA) is 47.7 Å². The average Bonchev–Trinajstić information content (AvgIpc) is 2.83. The second kappa shape index (κ2) is 6.10. The summed E-state index contributed by atoms with van der Waals surface area (Å²) in [5, 5.41) is 12.0. The summed E-state index contributed by atoms with van der Waals surface area (Å²) in [5.74, 6) is 0. The first kappa shape index (κ1) is 15.6. The Kier molecular flexibility index (Phi) is 5.00. The van der Waals surface area contributed by atoms with E-state index in [0.29, 0.717) is 6.04 Å². The normalized spacial score (nSPS) is 10.6. The van der Waals surface area contributed by atoms with Crippen LogP contribution in [0.25, 0.3) is 0 Å². The molecule has 2 rings (SSSR count). The molecule has 0 fully saturated rings. The third kappa shape index (κ3) is 3.10. The molecule has 2 aromatic heterocycles. The van der Waals surface area contributed by atoms with Crippen molar-refractivity contribution in [3.05, 3.63) is 29.3 Å². The van der Waals surface area contributed by atoms with Gasteiger partial charge in [0, 0.05) is 30.9 Å². The van der Waals surface area contributed by atoms with Gasteiger partial charge in [0.1, 0.15) is 0 Å². The van der Waals surface area contributed by atoms with E-state index in [9.17, 15) is 0 Å². The minimum atomic E-state index is 0. The van der Waals surface area contributed by atoms with Crippen LogP contribution in [0.2, 0.25) is 0 Å². The average molecular weight is 284 g/mol. The van der Waals surface area contributed by atoms with Crippen molar-refractivity contribution in [1.82, 2.24) is 19.6 Å². The lowest BCUT2D eigenvalue weighted by Crippen LogP contribution is -2.06. The fourth-order valence-corrected chi connectivity index (χ4v) is 2.02. The van der Waals surface area contributed by atoms with E-state index in [2.05, 4.69) is 43.2 Å². The lowest BCUT2D eigenvalue weighted by molar-refractivity contribution is 0.518. The predicted octanol–water partition coefficient (Wildman–Crippen LogP) is 2.85. The fourth-order valence-electron chi connectivity index (χ4n) is 2.02. The van der Waals surface area contributed by atoms with E-state index in [4.69, 9.17) is 0 Å². The summed E-state index contributed by atoms with van der Waals surface area (Å²) in [5.41, 5.74) is 4.67. The van der Waals surface area contributed by atoms with Crippen LogP contribution in [0.15, 0.2) is 12.4 Å². The molecule has 0 aliphatic heterocycles. The molecule has 0 radical (unpaired) electrons. The van der Waals surface area contributed by atoms with Crippen molar-refractivity contribution < 1.29 is 0 Å². The molecule has 0 spiro atoms. The molecular weight excluding hydrogens is 262 g/mol. The summed E-state index contributed by atoms with van der Waals surface area (Å²) in [4.78, 5) is 0. The Morgan fingerprint density at radius 2 is 1.84 bits per heavy atom. The lowest BCUT2D eigenvalue weighted by atomic mass is 10.2. The van der Waals surface area contributed by atoms with Crippen molar-refractivity contribution in [3.8, 4) is 0 Å². The van der Waals surface area contributed by atoms with E-state index in [-0.39, 0.29) is 12.4 Å². The molecule has 0 atom stereocenters. The SMILES string of the molecule is Cc1c(NCc2cnn(C(C)C)c2C)cnn1C.Cl. The number of rotatable bonds is 4. The molecule has 0 saturated heterocycles. The highest BCUT2D eigenvalue weighted by molar-refractivity contribution is 5.85. The Morgan fingerprint density at radius 3 is 2.32 bits per heavy atom. The smallest absolute Gasteiger partial charge is 0.0758 e. The lowest BCUT2D eigenvalue weighted by Gasteiger charge is -2.09. The van der Waals surface area contributed by atoms with E-state index in [1.807, 2.05) is 28.8 Å². The second-order valence-electron chi connectivity index (χ2n) is 4.91. The van der Waals surface area contributed by atoms with Gasteiger partial charge in [0.25, 0.3) is 0 Å². The van der Waals surface area contributed by atoms with Gasteiger partial charge in [-0.05, 0) is 27.7 Å². The van der Waals surface area contributed by atoms with E-state index in [1.54, 1.807) is 0 Å². The van der Waals surface area contributed by atoms with E-state index < -0.39 is 0 Å². The van der Waals surface area contributed by atoms with Crippen LogP contribution in [-0.2, 0) is 13.6 Å². The van der Waals surface area contributed by atoms with Crippen LogP contribution in [0.5, 0.6) is 0 Å². The predicted molar refractivity (Wildman–Crippen MR) is 79.9 cm³/mol. The minimum Gasteiger partial charge on any atom is -0.378 e.